The summed E-state index contributed by atoms with van der Waals surface area (Å²) >= 11 is 0. The van der Waals surface area contributed by atoms with Crippen molar-refractivity contribution < 1.29 is 18.1 Å². The zero-order valence-corrected chi connectivity index (χ0v) is 16.1. The highest BCUT2D eigenvalue weighted by molar-refractivity contribution is 7.89. The average molecular weight is 396 g/mol. The molecule has 0 saturated carbocycles. The highest BCUT2D eigenvalue weighted by Gasteiger charge is 2.36. The van der Waals surface area contributed by atoms with Gasteiger partial charge in [-0.15, -0.1) is 0 Å². The van der Waals surface area contributed by atoms with E-state index in [0.717, 1.165) is 13.1 Å². The first-order valence-corrected chi connectivity index (χ1v) is 10.5. The second-order valence-electron chi connectivity index (χ2n) is 7.03. The quantitative estimate of drug-likeness (QED) is 0.550. The Balaban J connectivity index is 1.67. The number of piperidine rings is 1. The number of para-hydroxylation sites is 1. The third-order valence-electron chi connectivity index (χ3n) is 5.30. The smallest absolute Gasteiger partial charge is 0.289 e. The number of hydrogen-bond acceptors (Lipinski definition) is 6. The lowest BCUT2D eigenvalue weighted by molar-refractivity contribution is -0.387. The predicted molar refractivity (Wildman–Crippen MR) is 98.7 cm³/mol. The normalized spacial score (nSPS) is 20.6. The largest absolute Gasteiger partial charge is 0.340 e. The van der Waals surface area contributed by atoms with E-state index in [9.17, 15) is 23.3 Å². The number of amides is 1. The summed E-state index contributed by atoms with van der Waals surface area (Å²) in [6, 6.07) is 5.37. The fraction of sp³-hybridized carbons (Fsp3) is 0.588. The number of benzene rings is 1. The van der Waals surface area contributed by atoms with E-state index >= 15 is 0 Å². The first-order chi connectivity index (χ1) is 12.8. The standard InChI is InChI=1S/C17H24N4O5S/c1-18-10-12-19(13-11-18)17(22)14-6-8-20(9-7-14)27(25,26)16-5-3-2-4-15(16)21(23)24/h2-5,14H,6-13H2,1H3. The van der Waals surface area contributed by atoms with Crippen LogP contribution in [0.1, 0.15) is 12.8 Å². The SMILES string of the molecule is CN1CCN(C(=O)C2CCN(S(=O)(=O)c3ccccc3[N+](=O)[O-])CC2)CC1. The van der Waals surface area contributed by atoms with E-state index in [1.807, 2.05) is 11.9 Å². The molecule has 2 saturated heterocycles. The maximum atomic E-state index is 12.8. The number of nitrogens with zero attached hydrogens (tertiary/aromatic N) is 4. The molecule has 0 radical (unpaired) electrons. The van der Waals surface area contributed by atoms with Crippen LogP contribution in [0.15, 0.2) is 29.2 Å². The number of rotatable bonds is 4. The minimum atomic E-state index is -3.96. The van der Waals surface area contributed by atoms with Gasteiger partial charge in [0, 0.05) is 51.3 Å². The van der Waals surface area contributed by atoms with Crippen molar-refractivity contribution in [3.05, 3.63) is 34.4 Å². The number of carbonyl (C=O) groups excluding carboxylic acids is 1. The van der Waals surface area contributed by atoms with Gasteiger partial charge >= 0.3 is 0 Å². The Bertz CT molecular complexity index is 812. The zero-order valence-electron chi connectivity index (χ0n) is 15.3. The van der Waals surface area contributed by atoms with Crippen molar-refractivity contribution in [2.75, 3.05) is 46.3 Å². The van der Waals surface area contributed by atoms with Crippen LogP contribution in [0.2, 0.25) is 0 Å². The van der Waals surface area contributed by atoms with Crippen molar-refractivity contribution in [3.63, 3.8) is 0 Å². The third kappa shape index (κ3) is 4.12. The van der Waals surface area contributed by atoms with Crippen LogP contribution in [0.25, 0.3) is 0 Å². The second-order valence-corrected chi connectivity index (χ2v) is 8.94. The summed E-state index contributed by atoms with van der Waals surface area (Å²) < 4.78 is 26.9. The summed E-state index contributed by atoms with van der Waals surface area (Å²) in [6.45, 7) is 3.47. The lowest BCUT2D eigenvalue weighted by Gasteiger charge is -2.37. The van der Waals surface area contributed by atoms with Gasteiger partial charge in [-0.05, 0) is 26.0 Å². The number of carbonyl (C=O) groups is 1. The van der Waals surface area contributed by atoms with Crippen LogP contribution < -0.4 is 0 Å². The molecule has 0 spiro atoms. The van der Waals surface area contributed by atoms with E-state index in [1.165, 1.54) is 28.6 Å². The Morgan fingerprint density at radius 1 is 1.07 bits per heavy atom. The molecule has 3 rings (SSSR count). The molecule has 0 N–H and O–H groups in total. The van der Waals surface area contributed by atoms with Gasteiger partial charge in [-0.1, -0.05) is 12.1 Å². The fourth-order valence-electron chi connectivity index (χ4n) is 3.59. The Morgan fingerprint density at radius 3 is 2.26 bits per heavy atom. The molecule has 27 heavy (non-hydrogen) atoms. The summed E-state index contributed by atoms with van der Waals surface area (Å²) in [6.07, 6.45) is 0.871. The summed E-state index contributed by atoms with van der Waals surface area (Å²) in [5.41, 5.74) is -0.423. The van der Waals surface area contributed by atoms with Crippen LogP contribution in [0, 0.1) is 16.0 Å². The lowest BCUT2D eigenvalue weighted by atomic mass is 9.96. The molecule has 0 unspecified atom stereocenters. The van der Waals surface area contributed by atoms with Crippen molar-refractivity contribution in [1.82, 2.24) is 14.1 Å². The Kier molecular flexibility index (Phi) is 5.78. The number of nitro benzene ring substituents is 1. The summed E-state index contributed by atoms with van der Waals surface area (Å²) in [4.78, 5) is 26.9. The molecule has 1 amide bonds. The topological polar surface area (TPSA) is 104 Å². The minimum Gasteiger partial charge on any atom is -0.340 e. The van der Waals surface area contributed by atoms with Gasteiger partial charge in [0.15, 0.2) is 4.90 Å². The van der Waals surface area contributed by atoms with Crippen molar-refractivity contribution in [1.29, 1.82) is 0 Å². The van der Waals surface area contributed by atoms with E-state index < -0.39 is 20.6 Å². The highest BCUT2D eigenvalue weighted by Crippen LogP contribution is 2.30. The molecule has 2 aliphatic rings. The number of sulfonamides is 1. The maximum Gasteiger partial charge on any atom is 0.289 e. The Hall–Kier alpha value is -2.04. The number of likely N-dealkylation sites (N-methyl/N-ethyl adjacent to an activating group) is 1. The summed E-state index contributed by atoms with van der Waals surface area (Å²) in [5.74, 6) is -0.101. The molecule has 2 aliphatic heterocycles. The number of hydrogen-bond donors (Lipinski definition) is 0. The molecule has 2 heterocycles. The van der Waals surface area contributed by atoms with Crippen LogP contribution in [-0.4, -0.2) is 79.7 Å². The summed E-state index contributed by atoms with van der Waals surface area (Å²) in [5, 5.41) is 11.2. The van der Waals surface area contributed by atoms with Gasteiger partial charge in [-0.2, -0.15) is 4.31 Å². The molecule has 2 fully saturated rings. The molecular formula is C17H24N4O5S. The van der Waals surface area contributed by atoms with Crippen LogP contribution in [0.4, 0.5) is 5.69 Å². The number of piperazine rings is 1. The lowest BCUT2D eigenvalue weighted by Crippen LogP contribution is -2.51. The third-order valence-corrected chi connectivity index (χ3v) is 7.24. The van der Waals surface area contributed by atoms with Crippen molar-refractivity contribution in [2.45, 2.75) is 17.7 Å². The van der Waals surface area contributed by atoms with Gasteiger partial charge in [0.1, 0.15) is 0 Å². The molecule has 148 valence electrons. The maximum absolute atomic E-state index is 12.8. The highest BCUT2D eigenvalue weighted by atomic mass is 32.2. The van der Waals surface area contributed by atoms with Gasteiger partial charge in [-0.25, -0.2) is 8.42 Å². The van der Waals surface area contributed by atoms with Crippen molar-refractivity contribution >= 4 is 21.6 Å². The molecule has 0 aromatic heterocycles. The van der Waals surface area contributed by atoms with Gasteiger partial charge in [0.2, 0.25) is 15.9 Å². The monoisotopic (exact) mass is 396 g/mol. The summed E-state index contributed by atoms with van der Waals surface area (Å²) in [7, 11) is -1.94. The van der Waals surface area contributed by atoms with Crippen LogP contribution >= 0.6 is 0 Å². The van der Waals surface area contributed by atoms with Gasteiger partial charge in [0.05, 0.1) is 4.92 Å². The molecular weight excluding hydrogens is 372 g/mol. The average Bonchev–Trinajstić information content (AvgIpc) is 2.68. The first kappa shape index (κ1) is 19.7. The van der Waals surface area contributed by atoms with Gasteiger partial charge in [0.25, 0.3) is 5.69 Å². The molecule has 0 atom stereocenters. The molecule has 0 aliphatic carbocycles. The first-order valence-electron chi connectivity index (χ1n) is 9.01. The second kappa shape index (κ2) is 7.91. The van der Waals surface area contributed by atoms with E-state index in [-0.39, 0.29) is 29.8 Å². The molecule has 1 aromatic carbocycles. The fourth-order valence-corrected chi connectivity index (χ4v) is 5.22. The van der Waals surface area contributed by atoms with Gasteiger partial charge in [-0.3, -0.25) is 14.9 Å². The van der Waals surface area contributed by atoms with E-state index in [0.29, 0.717) is 25.9 Å². The van der Waals surface area contributed by atoms with Gasteiger partial charge < -0.3 is 9.80 Å². The predicted octanol–water partition coefficient (Wildman–Crippen LogP) is 0.770. The van der Waals surface area contributed by atoms with Crippen LogP contribution in [0.3, 0.4) is 0 Å². The Labute approximate surface area is 158 Å². The molecule has 1 aromatic rings. The van der Waals surface area contributed by atoms with Crippen LogP contribution in [-0.2, 0) is 14.8 Å². The Morgan fingerprint density at radius 2 is 1.67 bits per heavy atom. The van der Waals surface area contributed by atoms with E-state index in [1.54, 1.807) is 0 Å². The van der Waals surface area contributed by atoms with Crippen LogP contribution in [0.5, 0.6) is 0 Å². The van der Waals surface area contributed by atoms with Crippen molar-refractivity contribution in [2.24, 2.45) is 5.92 Å². The number of nitro groups is 1. The molecule has 0 bridgehead atoms. The zero-order chi connectivity index (χ0) is 19.6. The van der Waals surface area contributed by atoms with E-state index in [2.05, 4.69) is 4.90 Å². The minimum absolute atomic E-state index is 0.0887. The van der Waals surface area contributed by atoms with Crippen molar-refractivity contribution in [3.8, 4) is 0 Å². The van der Waals surface area contributed by atoms with E-state index in [4.69, 9.17) is 0 Å². The molecule has 9 nitrogen and oxygen atoms in total. The molecule has 10 heteroatoms.